The number of imidazole rings is 1. The minimum atomic E-state index is 0.0855. The van der Waals surface area contributed by atoms with Gasteiger partial charge in [-0.3, -0.25) is 4.57 Å². The van der Waals surface area contributed by atoms with Crippen molar-refractivity contribution >= 4 is 0 Å². The molecule has 0 atom stereocenters. The first kappa shape index (κ1) is 20.9. The van der Waals surface area contributed by atoms with Crippen molar-refractivity contribution < 1.29 is 0 Å². The van der Waals surface area contributed by atoms with Crippen LogP contribution in [0.5, 0.6) is 0 Å². The molecule has 1 aliphatic heterocycles. The van der Waals surface area contributed by atoms with Gasteiger partial charge in [0, 0.05) is 73.2 Å². The predicted octanol–water partition coefficient (Wildman–Crippen LogP) is 4.24. The molecule has 0 spiro atoms. The van der Waals surface area contributed by atoms with Gasteiger partial charge >= 0.3 is 0 Å². The Balaban J connectivity index is 1.63. The lowest BCUT2D eigenvalue weighted by molar-refractivity contribution is 0.234. The molecule has 3 aromatic rings. The Bertz CT molecular complexity index is 955. The van der Waals surface area contributed by atoms with Gasteiger partial charge in [-0.1, -0.05) is 39.0 Å². The Labute approximate surface area is 180 Å². The molecule has 2 aromatic heterocycles. The van der Waals surface area contributed by atoms with Crippen molar-refractivity contribution in [2.75, 3.05) is 32.7 Å². The Morgan fingerprint density at radius 3 is 2.47 bits per heavy atom. The van der Waals surface area contributed by atoms with Crippen molar-refractivity contribution in [3.05, 3.63) is 60.2 Å². The molecule has 1 N–H and O–H groups in total. The molecule has 1 saturated heterocycles. The summed E-state index contributed by atoms with van der Waals surface area (Å²) in [5.41, 5.74) is 5.16. The SMILES string of the molecule is Cc1c(-c2nccn2-c2ccccc2)cc(C(C)(C)C)n1CCCN1CCNCC1. The summed E-state index contributed by atoms with van der Waals surface area (Å²) < 4.78 is 4.72. The minimum Gasteiger partial charge on any atom is -0.348 e. The Morgan fingerprint density at radius 1 is 1.03 bits per heavy atom. The van der Waals surface area contributed by atoms with Crippen LogP contribution in [0.4, 0.5) is 0 Å². The summed E-state index contributed by atoms with van der Waals surface area (Å²) >= 11 is 0. The van der Waals surface area contributed by atoms with Gasteiger partial charge in [0.2, 0.25) is 0 Å². The van der Waals surface area contributed by atoms with Gasteiger partial charge in [0.15, 0.2) is 0 Å². The Morgan fingerprint density at radius 2 is 1.77 bits per heavy atom. The first-order valence-corrected chi connectivity index (χ1v) is 11.2. The van der Waals surface area contributed by atoms with Crippen LogP contribution in [0.2, 0.25) is 0 Å². The van der Waals surface area contributed by atoms with E-state index in [1.165, 1.54) is 23.4 Å². The van der Waals surface area contributed by atoms with Crippen LogP contribution in [0.1, 0.15) is 38.6 Å². The average Bonchev–Trinajstić information content (AvgIpc) is 3.34. The fourth-order valence-electron chi connectivity index (χ4n) is 4.47. The van der Waals surface area contributed by atoms with Crippen LogP contribution in [0.3, 0.4) is 0 Å². The maximum Gasteiger partial charge on any atom is 0.146 e. The lowest BCUT2D eigenvalue weighted by atomic mass is 9.91. The van der Waals surface area contributed by atoms with Crippen molar-refractivity contribution in [3.8, 4) is 17.1 Å². The summed E-state index contributed by atoms with van der Waals surface area (Å²) in [6.07, 6.45) is 5.13. The zero-order valence-electron chi connectivity index (χ0n) is 18.9. The molecule has 160 valence electrons. The fourth-order valence-corrected chi connectivity index (χ4v) is 4.47. The van der Waals surface area contributed by atoms with E-state index < -0.39 is 0 Å². The second-order valence-corrected chi connectivity index (χ2v) is 9.33. The normalized spacial score (nSPS) is 15.6. The maximum atomic E-state index is 4.75. The summed E-state index contributed by atoms with van der Waals surface area (Å²) in [7, 11) is 0. The highest BCUT2D eigenvalue weighted by atomic mass is 15.2. The lowest BCUT2D eigenvalue weighted by Crippen LogP contribution is -2.43. The van der Waals surface area contributed by atoms with Crippen LogP contribution in [0.25, 0.3) is 17.1 Å². The van der Waals surface area contributed by atoms with E-state index in [2.05, 4.69) is 89.6 Å². The summed E-state index contributed by atoms with van der Waals surface area (Å²) in [6.45, 7) is 15.9. The third kappa shape index (κ3) is 4.37. The van der Waals surface area contributed by atoms with Crippen LogP contribution in [0.15, 0.2) is 48.8 Å². The zero-order chi connectivity index (χ0) is 21.1. The van der Waals surface area contributed by atoms with Gasteiger partial charge in [-0.05, 0) is 38.1 Å². The van der Waals surface area contributed by atoms with Gasteiger partial charge in [0.1, 0.15) is 5.82 Å². The van der Waals surface area contributed by atoms with Gasteiger partial charge in [0.05, 0.1) is 0 Å². The predicted molar refractivity (Wildman–Crippen MR) is 124 cm³/mol. The summed E-state index contributed by atoms with van der Waals surface area (Å²) in [6, 6.07) is 12.8. The van der Waals surface area contributed by atoms with Gasteiger partial charge in [-0.2, -0.15) is 0 Å². The van der Waals surface area contributed by atoms with Crippen molar-refractivity contribution in [2.45, 2.75) is 46.1 Å². The number of para-hydroxylation sites is 1. The molecule has 30 heavy (non-hydrogen) atoms. The van der Waals surface area contributed by atoms with E-state index in [0.717, 1.165) is 50.8 Å². The third-order valence-corrected chi connectivity index (χ3v) is 6.12. The molecule has 4 rings (SSSR count). The largest absolute Gasteiger partial charge is 0.348 e. The maximum absolute atomic E-state index is 4.75. The van der Waals surface area contributed by atoms with Gasteiger partial charge in [-0.25, -0.2) is 4.98 Å². The number of hydrogen-bond donors (Lipinski definition) is 1. The molecule has 1 aliphatic rings. The van der Waals surface area contributed by atoms with E-state index in [1.54, 1.807) is 0 Å². The van der Waals surface area contributed by atoms with Crippen molar-refractivity contribution in [1.29, 1.82) is 0 Å². The monoisotopic (exact) mass is 405 g/mol. The first-order chi connectivity index (χ1) is 14.4. The summed E-state index contributed by atoms with van der Waals surface area (Å²) in [4.78, 5) is 7.33. The summed E-state index contributed by atoms with van der Waals surface area (Å²) in [5.74, 6) is 1.02. The number of hydrogen-bond acceptors (Lipinski definition) is 3. The lowest BCUT2D eigenvalue weighted by Gasteiger charge is -2.28. The van der Waals surface area contributed by atoms with Crippen molar-refractivity contribution in [1.82, 2.24) is 24.3 Å². The highest BCUT2D eigenvalue weighted by Crippen LogP contribution is 2.33. The molecule has 0 amide bonds. The fraction of sp³-hybridized carbons (Fsp3) is 0.480. The number of nitrogens with zero attached hydrogens (tertiary/aromatic N) is 4. The van der Waals surface area contributed by atoms with E-state index in [0.29, 0.717) is 0 Å². The first-order valence-electron chi connectivity index (χ1n) is 11.2. The molecular weight excluding hydrogens is 370 g/mol. The van der Waals surface area contributed by atoms with Crippen molar-refractivity contribution in [3.63, 3.8) is 0 Å². The molecule has 5 nitrogen and oxygen atoms in total. The smallest absolute Gasteiger partial charge is 0.146 e. The third-order valence-electron chi connectivity index (χ3n) is 6.12. The second kappa shape index (κ2) is 8.78. The molecule has 0 unspecified atom stereocenters. The standard InChI is InChI=1S/C25H35N5/c1-20-22(24-27-13-18-30(24)21-9-6-5-7-10-21)19-23(25(2,3)4)29(20)15-8-14-28-16-11-26-12-17-28/h5-7,9-10,13,18-19,26H,8,11-12,14-17H2,1-4H3. The molecule has 1 aromatic carbocycles. The van der Waals surface area contributed by atoms with E-state index in [4.69, 9.17) is 4.98 Å². The van der Waals surface area contributed by atoms with E-state index in [1.807, 2.05) is 6.20 Å². The number of rotatable bonds is 6. The number of aromatic nitrogens is 3. The zero-order valence-corrected chi connectivity index (χ0v) is 18.9. The highest BCUT2D eigenvalue weighted by Gasteiger charge is 2.24. The molecule has 3 heterocycles. The molecule has 0 radical (unpaired) electrons. The van der Waals surface area contributed by atoms with Crippen LogP contribution in [-0.4, -0.2) is 51.7 Å². The van der Waals surface area contributed by atoms with Crippen LogP contribution in [-0.2, 0) is 12.0 Å². The van der Waals surface area contributed by atoms with Crippen molar-refractivity contribution in [2.24, 2.45) is 0 Å². The Hall–Kier alpha value is -2.37. The highest BCUT2D eigenvalue weighted by molar-refractivity contribution is 5.64. The molecule has 1 fully saturated rings. The van der Waals surface area contributed by atoms with Crippen LogP contribution >= 0.6 is 0 Å². The molecule has 5 heteroatoms. The quantitative estimate of drug-likeness (QED) is 0.666. The minimum absolute atomic E-state index is 0.0855. The molecule has 0 aliphatic carbocycles. The number of piperazine rings is 1. The number of benzene rings is 1. The molecule has 0 saturated carbocycles. The van der Waals surface area contributed by atoms with E-state index in [9.17, 15) is 0 Å². The Kier molecular flexibility index (Phi) is 6.11. The van der Waals surface area contributed by atoms with Crippen LogP contribution in [0, 0.1) is 6.92 Å². The summed E-state index contributed by atoms with van der Waals surface area (Å²) in [5, 5.41) is 3.44. The van der Waals surface area contributed by atoms with Gasteiger partial charge in [-0.15, -0.1) is 0 Å². The second-order valence-electron chi connectivity index (χ2n) is 9.33. The molecular formula is C25H35N5. The van der Waals surface area contributed by atoms with Gasteiger partial charge in [0.25, 0.3) is 0 Å². The van der Waals surface area contributed by atoms with E-state index in [-0.39, 0.29) is 5.41 Å². The average molecular weight is 406 g/mol. The van der Waals surface area contributed by atoms with Gasteiger partial charge < -0.3 is 14.8 Å². The van der Waals surface area contributed by atoms with E-state index >= 15 is 0 Å². The number of nitrogens with one attached hydrogen (secondary N) is 1. The topological polar surface area (TPSA) is 38.0 Å². The van der Waals surface area contributed by atoms with Crippen LogP contribution < -0.4 is 5.32 Å². The molecule has 0 bridgehead atoms.